The zero-order valence-corrected chi connectivity index (χ0v) is 18.9. The van der Waals surface area contributed by atoms with Gasteiger partial charge in [-0.05, 0) is 43.5 Å². The summed E-state index contributed by atoms with van der Waals surface area (Å²) in [6.45, 7) is 2.24. The van der Waals surface area contributed by atoms with Gasteiger partial charge in [0.25, 0.3) is 11.8 Å². The van der Waals surface area contributed by atoms with Crippen molar-refractivity contribution >= 4 is 40.7 Å². The molecule has 0 radical (unpaired) electrons. The number of hydrogen-bond acceptors (Lipinski definition) is 4. The fourth-order valence-electron chi connectivity index (χ4n) is 3.71. The number of hydrogen-bond donors (Lipinski definition) is 2. The van der Waals surface area contributed by atoms with Crippen molar-refractivity contribution in [2.24, 2.45) is 5.10 Å². The van der Waals surface area contributed by atoms with Crippen LogP contribution in [0, 0.1) is 6.92 Å². The Morgan fingerprint density at radius 1 is 1.06 bits per heavy atom. The van der Waals surface area contributed by atoms with Crippen LogP contribution in [0.25, 0.3) is 0 Å². The largest absolute Gasteiger partial charge is 0.455 e. The molecule has 1 aliphatic rings. The van der Waals surface area contributed by atoms with Crippen molar-refractivity contribution in [2.45, 2.75) is 32.7 Å². The SMILES string of the molecule is Cc1c(C(=O)NCc2ccccc2)oc2c1/C(=N/NC(=O)c1ccc(Cl)cc1Cl)CCC2. The first-order valence-corrected chi connectivity index (χ1v) is 11.0. The van der Waals surface area contributed by atoms with Crippen LogP contribution in [0.15, 0.2) is 58.0 Å². The zero-order valence-electron chi connectivity index (χ0n) is 17.4. The molecule has 0 saturated heterocycles. The summed E-state index contributed by atoms with van der Waals surface area (Å²) < 4.78 is 5.90. The lowest BCUT2D eigenvalue weighted by atomic mass is 9.93. The highest BCUT2D eigenvalue weighted by Gasteiger charge is 2.28. The number of furan rings is 1. The van der Waals surface area contributed by atoms with Gasteiger partial charge in [-0.1, -0.05) is 53.5 Å². The van der Waals surface area contributed by atoms with E-state index in [1.807, 2.05) is 37.3 Å². The van der Waals surface area contributed by atoms with Crippen molar-refractivity contribution in [1.29, 1.82) is 0 Å². The number of amides is 2. The fraction of sp³-hybridized carbons (Fsp3) is 0.208. The summed E-state index contributed by atoms with van der Waals surface area (Å²) in [6.07, 6.45) is 2.17. The average molecular weight is 470 g/mol. The summed E-state index contributed by atoms with van der Waals surface area (Å²) in [6, 6.07) is 14.3. The van der Waals surface area contributed by atoms with E-state index < -0.39 is 5.91 Å². The Balaban J connectivity index is 1.52. The predicted molar refractivity (Wildman–Crippen MR) is 124 cm³/mol. The molecule has 0 saturated carbocycles. The first-order valence-electron chi connectivity index (χ1n) is 10.2. The summed E-state index contributed by atoms with van der Waals surface area (Å²) in [7, 11) is 0. The van der Waals surface area contributed by atoms with Crippen molar-refractivity contribution < 1.29 is 14.0 Å². The van der Waals surface area contributed by atoms with Crippen molar-refractivity contribution in [3.8, 4) is 0 Å². The molecule has 0 aliphatic heterocycles. The standard InChI is InChI=1S/C24H21Cl2N3O3/c1-14-21-19(28-29-23(30)17-11-10-16(25)12-18(17)26)8-5-9-20(21)32-22(14)24(31)27-13-15-6-3-2-4-7-15/h2-4,6-7,10-12H,5,8-9,13H2,1H3,(H,27,31)(H,29,30)/b28-19+. The van der Waals surface area contributed by atoms with Gasteiger partial charge in [0.05, 0.1) is 16.3 Å². The van der Waals surface area contributed by atoms with Crippen LogP contribution in [0.4, 0.5) is 0 Å². The van der Waals surface area contributed by atoms with Crippen molar-refractivity contribution in [2.75, 3.05) is 0 Å². The molecule has 164 valence electrons. The lowest BCUT2D eigenvalue weighted by molar-refractivity contribution is 0.0919. The van der Waals surface area contributed by atoms with Gasteiger partial charge >= 0.3 is 0 Å². The Kier molecular flexibility index (Phi) is 6.63. The first kappa shape index (κ1) is 22.1. The van der Waals surface area contributed by atoms with Gasteiger partial charge in [-0.15, -0.1) is 0 Å². The second kappa shape index (κ2) is 9.59. The quantitative estimate of drug-likeness (QED) is 0.497. The third-order valence-corrected chi connectivity index (χ3v) is 5.84. The van der Waals surface area contributed by atoms with Crippen LogP contribution in [0.1, 0.15) is 56.2 Å². The third-order valence-electron chi connectivity index (χ3n) is 5.30. The van der Waals surface area contributed by atoms with Gasteiger partial charge in [-0.25, -0.2) is 5.43 Å². The monoisotopic (exact) mass is 469 g/mol. The van der Waals surface area contributed by atoms with Crippen molar-refractivity contribution in [3.05, 3.63) is 92.4 Å². The molecule has 1 aromatic heterocycles. The van der Waals surface area contributed by atoms with Gasteiger partial charge in [-0.3, -0.25) is 9.59 Å². The smallest absolute Gasteiger partial charge is 0.287 e. The number of carbonyl (C=O) groups excluding carboxylic acids is 2. The van der Waals surface area contributed by atoms with Crippen LogP contribution < -0.4 is 10.7 Å². The topological polar surface area (TPSA) is 83.7 Å². The second-order valence-corrected chi connectivity index (χ2v) is 8.34. The minimum Gasteiger partial charge on any atom is -0.455 e. The van der Waals surface area contributed by atoms with Crippen LogP contribution >= 0.6 is 23.2 Å². The highest BCUT2D eigenvalue weighted by Crippen LogP contribution is 2.30. The molecule has 0 bridgehead atoms. The molecule has 0 unspecified atom stereocenters. The van der Waals surface area contributed by atoms with Crippen LogP contribution in [-0.2, 0) is 13.0 Å². The molecular formula is C24H21Cl2N3O3. The van der Waals surface area contributed by atoms with E-state index in [0.29, 0.717) is 41.4 Å². The lowest BCUT2D eigenvalue weighted by Crippen LogP contribution is -2.23. The minimum atomic E-state index is -0.437. The van der Waals surface area contributed by atoms with Gasteiger partial charge < -0.3 is 9.73 Å². The normalized spacial score (nSPS) is 14.2. The summed E-state index contributed by atoms with van der Waals surface area (Å²) in [5.41, 5.74) is 6.01. The summed E-state index contributed by atoms with van der Waals surface area (Å²) >= 11 is 12.0. The number of aryl methyl sites for hydroxylation is 1. The number of hydrazone groups is 1. The Labute approximate surface area is 195 Å². The lowest BCUT2D eigenvalue weighted by Gasteiger charge is -2.13. The highest BCUT2D eigenvalue weighted by atomic mass is 35.5. The Morgan fingerprint density at radius 3 is 2.59 bits per heavy atom. The number of fused-ring (bicyclic) bond motifs is 1. The maximum absolute atomic E-state index is 12.7. The molecule has 1 heterocycles. The van der Waals surface area contributed by atoms with Gasteiger partial charge in [0.1, 0.15) is 5.76 Å². The van der Waals surface area contributed by atoms with E-state index in [2.05, 4.69) is 15.8 Å². The van der Waals surface area contributed by atoms with Gasteiger partial charge in [0.2, 0.25) is 0 Å². The Hall–Kier alpha value is -3.09. The molecule has 4 rings (SSSR count). The molecule has 2 amide bonds. The summed E-state index contributed by atoms with van der Waals surface area (Å²) in [4.78, 5) is 25.3. The highest BCUT2D eigenvalue weighted by molar-refractivity contribution is 6.36. The van der Waals surface area contributed by atoms with Gasteiger partial charge in [-0.2, -0.15) is 5.10 Å². The summed E-state index contributed by atoms with van der Waals surface area (Å²) in [5.74, 6) is 0.258. The maximum Gasteiger partial charge on any atom is 0.287 e. The molecule has 0 fully saturated rings. The van der Waals surface area contributed by atoms with Crippen LogP contribution in [0.2, 0.25) is 10.0 Å². The van der Waals surface area contributed by atoms with Crippen molar-refractivity contribution in [3.63, 3.8) is 0 Å². The molecule has 32 heavy (non-hydrogen) atoms. The Bertz CT molecular complexity index is 1200. The minimum absolute atomic E-state index is 0.247. The fourth-order valence-corrected chi connectivity index (χ4v) is 4.20. The van der Waals surface area contributed by atoms with E-state index in [0.717, 1.165) is 17.5 Å². The number of benzene rings is 2. The van der Waals surface area contributed by atoms with Crippen LogP contribution in [0.5, 0.6) is 0 Å². The van der Waals surface area contributed by atoms with Crippen LogP contribution in [-0.4, -0.2) is 17.5 Å². The van der Waals surface area contributed by atoms with E-state index in [1.54, 1.807) is 12.1 Å². The molecule has 0 spiro atoms. The molecule has 1 aliphatic carbocycles. The second-order valence-electron chi connectivity index (χ2n) is 7.50. The van der Waals surface area contributed by atoms with Gasteiger partial charge in [0.15, 0.2) is 5.76 Å². The molecule has 6 nitrogen and oxygen atoms in total. The number of rotatable bonds is 5. The number of nitrogens with one attached hydrogen (secondary N) is 2. The predicted octanol–water partition coefficient (Wildman–Crippen LogP) is 5.30. The third kappa shape index (κ3) is 4.71. The van der Waals surface area contributed by atoms with E-state index in [4.69, 9.17) is 27.6 Å². The summed E-state index contributed by atoms with van der Waals surface area (Å²) in [5, 5.41) is 7.91. The molecule has 0 atom stereocenters. The molecular weight excluding hydrogens is 449 g/mol. The average Bonchev–Trinajstić information content (AvgIpc) is 3.14. The van der Waals surface area contributed by atoms with Crippen LogP contribution in [0.3, 0.4) is 0 Å². The van der Waals surface area contributed by atoms with E-state index in [9.17, 15) is 9.59 Å². The molecule has 2 aromatic carbocycles. The number of nitrogens with zero attached hydrogens (tertiary/aromatic N) is 1. The van der Waals surface area contributed by atoms with Gasteiger partial charge in [0, 0.05) is 29.1 Å². The number of halogens is 2. The zero-order chi connectivity index (χ0) is 22.7. The first-order chi connectivity index (χ1) is 15.4. The van der Waals surface area contributed by atoms with E-state index in [-0.39, 0.29) is 22.3 Å². The maximum atomic E-state index is 12.7. The number of carbonyl (C=O) groups is 2. The Morgan fingerprint density at radius 2 is 1.84 bits per heavy atom. The molecule has 2 N–H and O–H groups in total. The molecule has 8 heteroatoms. The van der Waals surface area contributed by atoms with E-state index >= 15 is 0 Å². The molecule has 3 aromatic rings. The van der Waals surface area contributed by atoms with Crippen molar-refractivity contribution in [1.82, 2.24) is 10.7 Å². The van der Waals surface area contributed by atoms with E-state index in [1.165, 1.54) is 6.07 Å².